The van der Waals surface area contributed by atoms with E-state index in [1.54, 1.807) is 12.1 Å². The van der Waals surface area contributed by atoms with Crippen molar-refractivity contribution >= 4 is 11.8 Å². The summed E-state index contributed by atoms with van der Waals surface area (Å²) in [5, 5.41) is 5.71. The molecule has 0 fully saturated rings. The summed E-state index contributed by atoms with van der Waals surface area (Å²) in [6, 6.07) is 13.5. The molecule has 2 amide bonds. The monoisotopic (exact) mass is 328 g/mol. The average Bonchev–Trinajstić information content (AvgIpc) is 3.15. The number of amides is 2. The van der Waals surface area contributed by atoms with E-state index in [2.05, 4.69) is 29.7 Å². The smallest absolute Gasteiger partial charge is 0.286 e. The van der Waals surface area contributed by atoms with Crippen molar-refractivity contribution in [2.45, 2.75) is 32.1 Å². The van der Waals surface area contributed by atoms with E-state index in [9.17, 15) is 9.59 Å². The second-order valence-electron chi connectivity index (χ2n) is 5.66. The molecule has 1 aromatic carbocycles. The summed E-state index contributed by atoms with van der Waals surface area (Å²) >= 11 is 0. The van der Waals surface area contributed by atoms with Crippen LogP contribution in [0.4, 0.5) is 0 Å². The highest BCUT2D eigenvalue weighted by atomic mass is 16.3. The molecular formula is C19H24N2O3. The molecule has 5 nitrogen and oxygen atoms in total. The van der Waals surface area contributed by atoms with Crippen molar-refractivity contribution in [1.82, 2.24) is 10.6 Å². The highest BCUT2D eigenvalue weighted by Crippen LogP contribution is 2.17. The van der Waals surface area contributed by atoms with Crippen molar-refractivity contribution in [2.24, 2.45) is 0 Å². The summed E-state index contributed by atoms with van der Waals surface area (Å²) in [6.45, 7) is 3.20. The summed E-state index contributed by atoms with van der Waals surface area (Å²) in [7, 11) is 0. The largest absolute Gasteiger partial charge is 0.459 e. The molecule has 0 aliphatic heterocycles. The first-order chi connectivity index (χ1) is 11.7. The predicted molar refractivity (Wildman–Crippen MR) is 92.8 cm³/mol. The Morgan fingerprint density at radius 3 is 2.54 bits per heavy atom. The van der Waals surface area contributed by atoms with E-state index in [1.807, 2.05) is 18.2 Å². The van der Waals surface area contributed by atoms with Gasteiger partial charge in [-0.15, -0.1) is 0 Å². The van der Waals surface area contributed by atoms with Gasteiger partial charge >= 0.3 is 0 Å². The minimum atomic E-state index is -0.254. The summed E-state index contributed by atoms with van der Waals surface area (Å²) in [5.74, 6) is 0.370. The first kappa shape index (κ1) is 17.8. The molecule has 0 spiro atoms. The Labute approximate surface area is 142 Å². The molecule has 128 valence electrons. The molecule has 0 bridgehead atoms. The maximum atomic E-state index is 11.9. The summed E-state index contributed by atoms with van der Waals surface area (Å²) < 4.78 is 5.00. The quantitative estimate of drug-likeness (QED) is 0.695. The van der Waals surface area contributed by atoms with Gasteiger partial charge in [-0.2, -0.15) is 0 Å². The van der Waals surface area contributed by atoms with Gasteiger partial charge in [-0.1, -0.05) is 37.3 Å². The van der Waals surface area contributed by atoms with Crippen LogP contribution < -0.4 is 10.6 Å². The summed E-state index contributed by atoms with van der Waals surface area (Å²) in [6.07, 6.45) is 3.42. The Hall–Kier alpha value is -2.56. The third kappa shape index (κ3) is 5.57. The van der Waals surface area contributed by atoms with Crippen LogP contribution in [0, 0.1) is 0 Å². The zero-order valence-electron chi connectivity index (χ0n) is 14.0. The van der Waals surface area contributed by atoms with E-state index in [1.165, 1.54) is 11.8 Å². The maximum absolute atomic E-state index is 11.9. The fourth-order valence-electron chi connectivity index (χ4n) is 2.49. The molecule has 1 aromatic heterocycles. The lowest BCUT2D eigenvalue weighted by Gasteiger charge is -2.16. The number of carbonyl (C=O) groups is 2. The van der Waals surface area contributed by atoms with Crippen LogP contribution in [0.15, 0.2) is 53.1 Å². The Kier molecular flexibility index (Phi) is 7.08. The molecule has 1 atom stereocenters. The van der Waals surface area contributed by atoms with Gasteiger partial charge < -0.3 is 15.1 Å². The van der Waals surface area contributed by atoms with Crippen LogP contribution in [0.3, 0.4) is 0 Å². The van der Waals surface area contributed by atoms with Crippen LogP contribution in [0.2, 0.25) is 0 Å². The first-order valence-electron chi connectivity index (χ1n) is 8.34. The topological polar surface area (TPSA) is 71.3 Å². The minimum absolute atomic E-state index is 0.0108. The lowest BCUT2D eigenvalue weighted by molar-refractivity contribution is -0.121. The van der Waals surface area contributed by atoms with Crippen molar-refractivity contribution in [3.8, 4) is 0 Å². The number of furan rings is 1. The number of hydrogen-bond donors (Lipinski definition) is 2. The second-order valence-corrected chi connectivity index (χ2v) is 5.66. The Morgan fingerprint density at radius 2 is 1.88 bits per heavy atom. The lowest BCUT2D eigenvalue weighted by Crippen LogP contribution is -2.30. The second kappa shape index (κ2) is 9.55. The third-order valence-corrected chi connectivity index (χ3v) is 3.92. The Morgan fingerprint density at radius 1 is 1.08 bits per heavy atom. The molecule has 2 aromatic rings. The number of nitrogens with one attached hydrogen (secondary N) is 2. The van der Waals surface area contributed by atoms with Crippen molar-refractivity contribution in [3.05, 3.63) is 60.1 Å². The van der Waals surface area contributed by atoms with Gasteiger partial charge in [-0.3, -0.25) is 9.59 Å². The van der Waals surface area contributed by atoms with Crippen molar-refractivity contribution < 1.29 is 14.0 Å². The first-order valence-corrected chi connectivity index (χ1v) is 8.34. The molecule has 0 aliphatic carbocycles. The molecule has 1 heterocycles. The lowest BCUT2D eigenvalue weighted by atomic mass is 9.96. The van der Waals surface area contributed by atoms with E-state index in [4.69, 9.17) is 4.42 Å². The molecule has 0 aliphatic rings. The van der Waals surface area contributed by atoms with Crippen LogP contribution in [-0.4, -0.2) is 24.9 Å². The highest BCUT2D eigenvalue weighted by Gasteiger charge is 2.11. The zero-order valence-corrected chi connectivity index (χ0v) is 14.0. The number of hydrogen-bond acceptors (Lipinski definition) is 3. The molecular weight excluding hydrogens is 304 g/mol. The predicted octanol–water partition coefficient (Wildman–Crippen LogP) is 3.10. The van der Waals surface area contributed by atoms with Crippen LogP contribution >= 0.6 is 0 Å². The number of benzene rings is 1. The van der Waals surface area contributed by atoms with Crippen molar-refractivity contribution in [1.29, 1.82) is 0 Å². The summed E-state index contributed by atoms with van der Waals surface area (Å²) in [5.41, 5.74) is 1.24. The van der Waals surface area contributed by atoms with Gasteiger partial charge in [-0.05, 0) is 30.5 Å². The minimum Gasteiger partial charge on any atom is -0.459 e. The van der Waals surface area contributed by atoms with Crippen LogP contribution in [0.1, 0.15) is 48.2 Å². The zero-order chi connectivity index (χ0) is 17.2. The average molecular weight is 328 g/mol. The number of rotatable bonds is 9. The van der Waals surface area contributed by atoms with Crippen LogP contribution in [0.5, 0.6) is 0 Å². The van der Waals surface area contributed by atoms with Gasteiger partial charge in [0.1, 0.15) is 0 Å². The SMILES string of the molecule is CCC(CNC(=O)CCCNC(=O)c1ccco1)c1ccccc1. The fraction of sp³-hybridized carbons (Fsp3) is 0.368. The van der Waals surface area contributed by atoms with E-state index < -0.39 is 0 Å². The molecule has 2 rings (SSSR count). The van der Waals surface area contributed by atoms with E-state index in [0.29, 0.717) is 31.8 Å². The van der Waals surface area contributed by atoms with E-state index >= 15 is 0 Å². The van der Waals surface area contributed by atoms with E-state index in [0.717, 1.165) is 6.42 Å². The Balaban J connectivity index is 1.63. The normalized spacial score (nSPS) is 11.7. The van der Waals surface area contributed by atoms with Gasteiger partial charge in [-0.25, -0.2) is 0 Å². The van der Waals surface area contributed by atoms with Gasteiger partial charge in [0.2, 0.25) is 5.91 Å². The van der Waals surface area contributed by atoms with Gasteiger partial charge in [0.25, 0.3) is 5.91 Å². The molecule has 0 saturated carbocycles. The highest BCUT2D eigenvalue weighted by molar-refractivity contribution is 5.91. The van der Waals surface area contributed by atoms with E-state index in [-0.39, 0.29) is 17.6 Å². The molecule has 0 radical (unpaired) electrons. The molecule has 1 unspecified atom stereocenters. The summed E-state index contributed by atoms with van der Waals surface area (Å²) in [4.78, 5) is 23.6. The van der Waals surface area contributed by atoms with Gasteiger partial charge in [0.15, 0.2) is 5.76 Å². The molecule has 5 heteroatoms. The van der Waals surface area contributed by atoms with Gasteiger partial charge in [0.05, 0.1) is 6.26 Å². The molecule has 0 saturated heterocycles. The fourth-order valence-corrected chi connectivity index (χ4v) is 2.49. The maximum Gasteiger partial charge on any atom is 0.286 e. The number of carbonyl (C=O) groups excluding carboxylic acids is 2. The van der Waals surface area contributed by atoms with Gasteiger partial charge in [0, 0.05) is 25.4 Å². The van der Waals surface area contributed by atoms with Crippen molar-refractivity contribution in [2.75, 3.05) is 13.1 Å². The molecule has 24 heavy (non-hydrogen) atoms. The molecule has 2 N–H and O–H groups in total. The van der Waals surface area contributed by atoms with Crippen molar-refractivity contribution in [3.63, 3.8) is 0 Å². The van der Waals surface area contributed by atoms with Crippen LogP contribution in [-0.2, 0) is 4.79 Å². The van der Waals surface area contributed by atoms with Crippen LogP contribution in [0.25, 0.3) is 0 Å². The Bertz CT molecular complexity index is 623. The third-order valence-electron chi connectivity index (χ3n) is 3.92. The standard InChI is InChI=1S/C19H24N2O3/c1-2-15(16-8-4-3-5-9-16)14-21-18(22)11-6-12-20-19(23)17-10-7-13-24-17/h3-5,7-10,13,15H,2,6,11-12,14H2,1H3,(H,20,23)(H,21,22).